The van der Waals surface area contributed by atoms with Gasteiger partial charge in [0.05, 0.1) is 0 Å². The molecule has 0 aliphatic heterocycles. The highest BCUT2D eigenvalue weighted by molar-refractivity contribution is 7.80. The second kappa shape index (κ2) is 5.58. The van der Waals surface area contributed by atoms with Crippen molar-refractivity contribution in [2.24, 2.45) is 7.05 Å². The van der Waals surface area contributed by atoms with E-state index in [1.165, 1.54) is 11.5 Å². The van der Waals surface area contributed by atoms with Crippen molar-refractivity contribution in [1.82, 2.24) is 0 Å². The Balaban J connectivity index is 0.000000336. The first-order chi connectivity index (χ1) is 6.66. The Labute approximate surface area is 99.5 Å². The summed E-state index contributed by atoms with van der Waals surface area (Å²) < 4.78 is 37.0. The summed E-state index contributed by atoms with van der Waals surface area (Å²) in [5, 5.41) is 9.22. The second-order valence-corrected chi connectivity index (χ2v) is 4.69. The van der Waals surface area contributed by atoms with Crippen LogP contribution in [0.3, 0.4) is 0 Å². The fourth-order valence-electron chi connectivity index (χ4n) is 0.518. The Morgan fingerprint density at radius 3 is 2.13 bits per heavy atom. The van der Waals surface area contributed by atoms with Crippen LogP contribution in [0.15, 0.2) is 0 Å². The first-order valence-electron chi connectivity index (χ1n) is 3.06. The van der Waals surface area contributed by atoms with Crippen LogP contribution in [0.25, 0.3) is 0 Å². The summed E-state index contributed by atoms with van der Waals surface area (Å²) in [5.74, 6) is 0. The molecule has 10 heteroatoms. The third-order valence-electron chi connectivity index (χ3n) is 0.987. The number of halogens is 3. The molecular weight excluding hydrogens is 290 g/mol. The Hall–Kier alpha value is -0.460. The summed E-state index contributed by atoms with van der Waals surface area (Å²) in [4.78, 5) is 0.453. The van der Waals surface area contributed by atoms with Crippen LogP contribution in [0.1, 0.15) is 4.88 Å². The summed E-state index contributed by atoms with van der Waals surface area (Å²) in [6.45, 7) is 0. The molecule has 1 aromatic heterocycles. The quantitative estimate of drug-likeness (QED) is 0.408. The number of nitrogens with zero attached hydrogens (tertiary/aromatic N) is 2. The molecule has 0 saturated heterocycles. The molecule has 0 atom stereocenters. The van der Waals surface area contributed by atoms with Crippen LogP contribution in [0.5, 0.6) is 0 Å². The second-order valence-electron chi connectivity index (χ2n) is 2.03. The minimum Gasteiger partial charge on any atom is -0.722 e. The van der Waals surface area contributed by atoms with Gasteiger partial charge in [0.2, 0.25) is 0 Å². The lowest BCUT2D eigenvalue weighted by molar-refractivity contribution is -0.598. The molecular formula is C5H3Cl2FN2O3S2. The maximum atomic E-state index is 10.1. The van der Waals surface area contributed by atoms with Gasteiger partial charge in [-0.05, 0) is 11.6 Å². The van der Waals surface area contributed by atoms with Gasteiger partial charge in [0.15, 0.2) is 28.5 Å². The van der Waals surface area contributed by atoms with Gasteiger partial charge in [0, 0.05) is 0 Å². The zero-order valence-corrected chi connectivity index (χ0v) is 10.2. The van der Waals surface area contributed by atoms with Gasteiger partial charge in [-0.1, -0.05) is 11.6 Å². The zero-order valence-electron chi connectivity index (χ0n) is 7.07. The number of nitriles is 1. The van der Waals surface area contributed by atoms with Gasteiger partial charge < -0.3 is 4.55 Å². The molecule has 0 saturated carbocycles. The molecule has 0 fully saturated rings. The molecule has 0 amide bonds. The fraction of sp³-hybridized carbons (Fsp3) is 0.200. The van der Waals surface area contributed by atoms with Crippen LogP contribution in [0, 0.1) is 11.3 Å². The largest absolute Gasteiger partial charge is 0.722 e. The van der Waals surface area contributed by atoms with Gasteiger partial charge in [-0.3, -0.25) is 0 Å². The molecule has 1 aromatic rings. The predicted octanol–water partition coefficient (Wildman–Crippen LogP) is 1.17. The van der Waals surface area contributed by atoms with E-state index in [2.05, 4.69) is 0 Å². The Morgan fingerprint density at radius 1 is 1.60 bits per heavy atom. The van der Waals surface area contributed by atoms with Crippen LogP contribution in [-0.2, 0) is 17.6 Å². The fourth-order valence-corrected chi connectivity index (χ4v) is 1.76. The van der Waals surface area contributed by atoms with Gasteiger partial charge in [-0.15, -0.1) is 7.84 Å². The van der Waals surface area contributed by atoms with Crippen LogP contribution in [-0.4, -0.2) is 13.0 Å². The van der Waals surface area contributed by atoms with E-state index in [1.54, 1.807) is 11.0 Å². The third kappa shape index (κ3) is 5.86. The average Bonchev–Trinajstić information content (AvgIpc) is 2.29. The molecule has 15 heavy (non-hydrogen) atoms. The minimum absolute atomic E-state index is 0.344. The first-order valence-corrected chi connectivity index (χ1v) is 5.90. The van der Waals surface area contributed by atoms with E-state index >= 15 is 0 Å². The minimum atomic E-state index is -5.42. The van der Waals surface area contributed by atoms with E-state index in [-0.39, 0.29) is 0 Å². The van der Waals surface area contributed by atoms with Gasteiger partial charge in [0.1, 0.15) is 6.07 Å². The maximum Gasteiger partial charge on any atom is 0.309 e. The number of aromatic nitrogens is 1. The van der Waals surface area contributed by atoms with Crippen LogP contribution >= 0.6 is 34.7 Å². The maximum absolute atomic E-state index is 10.1. The highest BCUT2D eigenvalue weighted by atomic mass is 35.5. The molecule has 0 radical (unpaired) electrons. The van der Waals surface area contributed by atoms with E-state index in [9.17, 15) is 3.89 Å². The Bertz CT molecular complexity index is 485. The van der Waals surface area contributed by atoms with Crippen molar-refractivity contribution in [1.29, 1.82) is 5.26 Å². The van der Waals surface area contributed by atoms with Crippen LogP contribution < -0.4 is 3.96 Å². The number of aryl methyl sites for hydroxylation is 1. The van der Waals surface area contributed by atoms with Crippen molar-refractivity contribution in [3.63, 3.8) is 0 Å². The Morgan fingerprint density at radius 2 is 2.00 bits per heavy atom. The summed E-state index contributed by atoms with van der Waals surface area (Å²) in [6, 6.07) is 1.94. The predicted molar refractivity (Wildman–Crippen MR) is 51.0 cm³/mol. The molecule has 0 aliphatic carbocycles. The summed E-state index contributed by atoms with van der Waals surface area (Å²) in [6.07, 6.45) is 0. The van der Waals surface area contributed by atoms with Crippen molar-refractivity contribution in [3.05, 3.63) is 15.1 Å². The summed E-state index contributed by atoms with van der Waals surface area (Å²) in [7, 11) is -3.67. The molecule has 1 heterocycles. The number of rotatable bonds is 0. The highest BCUT2D eigenvalue weighted by Gasteiger charge is 2.19. The molecule has 0 unspecified atom stereocenters. The molecule has 1 rings (SSSR count). The van der Waals surface area contributed by atoms with Crippen molar-refractivity contribution in [2.45, 2.75) is 0 Å². The zero-order chi connectivity index (χ0) is 12.2. The van der Waals surface area contributed by atoms with Crippen molar-refractivity contribution < 1.29 is 20.8 Å². The molecule has 0 aromatic carbocycles. The van der Waals surface area contributed by atoms with Gasteiger partial charge in [-0.2, -0.15) is 5.26 Å². The highest BCUT2D eigenvalue weighted by Crippen LogP contribution is 2.25. The molecule has 84 valence electrons. The van der Waals surface area contributed by atoms with Crippen molar-refractivity contribution >= 4 is 45.2 Å². The first kappa shape index (κ1) is 14.5. The van der Waals surface area contributed by atoms with Gasteiger partial charge in [0.25, 0.3) is 10.5 Å². The normalized spacial score (nSPS) is 10.1. The van der Waals surface area contributed by atoms with E-state index < -0.39 is 10.5 Å². The lowest BCUT2D eigenvalue weighted by Crippen LogP contribution is -2.21. The third-order valence-corrected chi connectivity index (χ3v) is 3.04. The smallest absolute Gasteiger partial charge is 0.309 e. The van der Waals surface area contributed by atoms with Gasteiger partial charge in [-0.25, -0.2) is 8.42 Å². The summed E-state index contributed by atoms with van der Waals surface area (Å²) in [5.41, 5.74) is 0. The van der Waals surface area contributed by atoms with E-state index in [0.29, 0.717) is 15.1 Å². The van der Waals surface area contributed by atoms with Crippen LogP contribution in [0.2, 0.25) is 10.2 Å². The topological polar surface area (TPSA) is 84.9 Å². The van der Waals surface area contributed by atoms with E-state index in [4.69, 9.17) is 41.4 Å². The molecule has 0 spiro atoms. The molecule has 0 bridgehead atoms. The van der Waals surface area contributed by atoms with E-state index in [1.807, 2.05) is 6.07 Å². The lowest BCUT2D eigenvalue weighted by Gasteiger charge is -1.84. The van der Waals surface area contributed by atoms with E-state index in [0.717, 1.165) is 0 Å². The number of hydrogen-bond donors (Lipinski definition) is 0. The summed E-state index contributed by atoms with van der Waals surface area (Å²) >= 11 is 12.5. The van der Waals surface area contributed by atoms with Gasteiger partial charge >= 0.3 is 5.15 Å². The molecule has 0 aliphatic rings. The monoisotopic (exact) mass is 292 g/mol. The SMILES string of the molecule is C[n+]1sc(C#N)c(Cl)c1Cl.O=S(=O)([O-])F. The Kier molecular flexibility index (Phi) is 5.41. The van der Waals surface area contributed by atoms with Crippen molar-refractivity contribution in [3.8, 4) is 6.07 Å². The average molecular weight is 293 g/mol. The van der Waals surface area contributed by atoms with Crippen molar-refractivity contribution in [2.75, 3.05) is 0 Å². The molecule has 5 nitrogen and oxygen atoms in total. The lowest BCUT2D eigenvalue weighted by atomic mass is 10.5. The standard InChI is InChI=1S/C5H3Cl2N2S.FHO3S/c1-9-5(7)4(6)3(2-8)10-9;1-5(2,3)4/h1H3;(H,2,3,4)/q+1;/p-1. The van der Waals surface area contributed by atoms with Crippen LogP contribution in [0.4, 0.5) is 3.89 Å². The number of hydrogen-bond acceptors (Lipinski definition) is 5. The molecule has 0 N–H and O–H groups in total.